The number of benzene rings is 1. The number of rotatable bonds is 2. The van der Waals surface area contributed by atoms with Crippen molar-refractivity contribution in [1.29, 1.82) is 0 Å². The Bertz CT molecular complexity index is 356. The Morgan fingerprint density at radius 1 is 1.54 bits per heavy atom. The molecule has 1 aromatic carbocycles. The Morgan fingerprint density at radius 2 is 2.23 bits per heavy atom. The summed E-state index contributed by atoms with van der Waals surface area (Å²) in [6.07, 6.45) is 2.19. The molecule has 3 heteroatoms. The van der Waals surface area contributed by atoms with Gasteiger partial charge >= 0.3 is 0 Å². The first-order chi connectivity index (χ1) is 6.09. The Balaban J connectivity index is 3.00. The van der Waals surface area contributed by atoms with Crippen molar-refractivity contribution in [3.05, 3.63) is 41.2 Å². The standard InChI is InChI=1S/C10H9FO2/c1-7-2-4-9(11)6-8(7)3-5-10(12)13/h2-6H,1H3,(H,12,13)/p-1/b5-3+. The van der Waals surface area contributed by atoms with Crippen molar-refractivity contribution in [2.24, 2.45) is 0 Å². The van der Waals surface area contributed by atoms with Crippen molar-refractivity contribution in [2.45, 2.75) is 6.92 Å². The number of carbonyl (C=O) groups is 1. The highest BCUT2D eigenvalue weighted by Gasteiger charge is 1.95. The van der Waals surface area contributed by atoms with Crippen LogP contribution in [-0.4, -0.2) is 5.97 Å². The number of halogens is 1. The van der Waals surface area contributed by atoms with Crippen molar-refractivity contribution in [2.75, 3.05) is 0 Å². The third-order valence-corrected chi connectivity index (χ3v) is 1.64. The molecule has 0 fully saturated rings. The molecule has 0 bridgehead atoms. The summed E-state index contributed by atoms with van der Waals surface area (Å²) in [5, 5.41) is 10.1. The van der Waals surface area contributed by atoms with Crippen molar-refractivity contribution in [3.8, 4) is 0 Å². The molecule has 0 spiro atoms. The summed E-state index contributed by atoms with van der Waals surface area (Å²) in [4.78, 5) is 10.1. The van der Waals surface area contributed by atoms with Gasteiger partial charge in [-0.25, -0.2) is 4.39 Å². The van der Waals surface area contributed by atoms with E-state index in [4.69, 9.17) is 0 Å². The molecule has 0 radical (unpaired) electrons. The molecule has 0 aliphatic heterocycles. The van der Waals surface area contributed by atoms with Crippen LogP contribution < -0.4 is 5.11 Å². The average molecular weight is 179 g/mol. The number of hydrogen-bond donors (Lipinski definition) is 0. The lowest BCUT2D eigenvalue weighted by Crippen LogP contribution is -2.18. The van der Waals surface area contributed by atoms with E-state index in [9.17, 15) is 14.3 Å². The second-order valence-corrected chi connectivity index (χ2v) is 2.65. The van der Waals surface area contributed by atoms with Gasteiger partial charge in [0.25, 0.3) is 0 Å². The van der Waals surface area contributed by atoms with Gasteiger partial charge in [-0.15, -0.1) is 0 Å². The number of aliphatic carboxylic acids is 1. The Kier molecular flexibility index (Phi) is 2.80. The molecule has 0 aliphatic carbocycles. The first kappa shape index (κ1) is 9.45. The van der Waals surface area contributed by atoms with Gasteiger partial charge in [-0.3, -0.25) is 0 Å². The van der Waals surface area contributed by atoms with Crippen LogP contribution in [0.1, 0.15) is 11.1 Å². The third-order valence-electron chi connectivity index (χ3n) is 1.64. The second kappa shape index (κ2) is 3.85. The van der Waals surface area contributed by atoms with Crippen LogP contribution in [0.4, 0.5) is 4.39 Å². The summed E-state index contributed by atoms with van der Waals surface area (Å²) in [6.45, 7) is 1.77. The van der Waals surface area contributed by atoms with E-state index in [1.165, 1.54) is 18.2 Å². The van der Waals surface area contributed by atoms with Gasteiger partial charge in [0.05, 0.1) is 5.97 Å². The smallest absolute Gasteiger partial charge is 0.123 e. The van der Waals surface area contributed by atoms with E-state index in [0.29, 0.717) is 5.56 Å². The van der Waals surface area contributed by atoms with Crippen LogP contribution in [0.25, 0.3) is 6.08 Å². The summed E-state index contributed by atoms with van der Waals surface area (Å²) in [5.41, 5.74) is 1.36. The van der Waals surface area contributed by atoms with E-state index in [1.54, 1.807) is 13.0 Å². The Labute approximate surface area is 75.3 Å². The molecule has 68 valence electrons. The summed E-state index contributed by atoms with van der Waals surface area (Å²) < 4.78 is 12.7. The molecule has 0 heterocycles. The van der Waals surface area contributed by atoms with Crippen LogP contribution in [0, 0.1) is 12.7 Å². The van der Waals surface area contributed by atoms with E-state index >= 15 is 0 Å². The van der Waals surface area contributed by atoms with Gasteiger partial charge in [0, 0.05) is 0 Å². The summed E-state index contributed by atoms with van der Waals surface area (Å²) in [6, 6.07) is 4.19. The lowest BCUT2D eigenvalue weighted by atomic mass is 10.1. The highest BCUT2D eigenvalue weighted by atomic mass is 19.1. The molecule has 0 aliphatic rings. The largest absolute Gasteiger partial charge is 0.545 e. The van der Waals surface area contributed by atoms with Crippen molar-refractivity contribution in [1.82, 2.24) is 0 Å². The summed E-state index contributed by atoms with van der Waals surface area (Å²) >= 11 is 0. The number of hydrogen-bond acceptors (Lipinski definition) is 2. The van der Waals surface area contributed by atoms with Crippen LogP contribution in [0.5, 0.6) is 0 Å². The SMILES string of the molecule is Cc1ccc(F)cc1/C=C/C(=O)[O-]. The van der Waals surface area contributed by atoms with Gasteiger partial charge in [0.2, 0.25) is 0 Å². The molecule has 0 saturated heterocycles. The number of carboxylic acid groups (broad SMARTS) is 1. The maximum absolute atomic E-state index is 12.7. The zero-order valence-electron chi connectivity index (χ0n) is 7.08. The van der Waals surface area contributed by atoms with Gasteiger partial charge in [0.15, 0.2) is 0 Å². The van der Waals surface area contributed by atoms with Crippen molar-refractivity contribution >= 4 is 12.0 Å². The van der Waals surface area contributed by atoms with Gasteiger partial charge in [-0.2, -0.15) is 0 Å². The third kappa shape index (κ3) is 2.71. The molecule has 0 unspecified atom stereocenters. The Morgan fingerprint density at radius 3 is 2.85 bits per heavy atom. The summed E-state index contributed by atoms with van der Waals surface area (Å²) in [5.74, 6) is -1.67. The van der Waals surface area contributed by atoms with E-state index in [-0.39, 0.29) is 5.82 Å². The topological polar surface area (TPSA) is 40.1 Å². The zero-order valence-corrected chi connectivity index (χ0v) is 7.08. The lowest BCUT2D eigenvalue weighted by Gasteiger charge is -1.99. The maximum Gasteiger partial charge on any atom is 0.123 e. The monoisotopic (exact) mass is 179 g/mol. The van der Waals surface area contributed by atoms with Gasteiger partial charge < -0.3 is 9.90 Å². The van der Waals surface area contributed by atoms with Crippen LogP contribution >= 0.6 is 0 Å². The zero-order chi connectivity index (χ0) is 9.84. The molecule has 0 atom stereocenters. The number of aryl methyl sites for hydroxylation is 1. The van der Waals surface area contributed by atoms with Crippen LogP contribution in [0.15, 0.2) is 24.3 Å². The van der Waals surface area contributed by atoms with Crippen LogP contribution in [0.2, 0.25) is 0 Å². The van der Waals surface area contributed by atoms with E-state index in [1.807, 2.05) is 0 Å². The molecule has 0 saturated carbocycles. The fourth-order valence-electron chi connectivity index (χ4n) is 0.949. The molecular weight excluding hydrogens is 171 g/mol. The number of carboxylic acids is 1. The molecular formula is C10H8FO2-. The molecule has 0 N–H and O–H groups in total. The molecule has 2 nitrogen and oxygen atoms in total. The van der Waals surface area contributed by atoms with Gasteiger partial charge in [-0.1, -0.05) is 12.1 Å². The number of carbonyl (C=O) groups excluding carboxylic acids is 1. The predicted molar refractivity (Wildman–Crippen MR) is 45.2 cm³/mol. The van der Waals surface area contributed by atoms with Crippen molar-refractivity contribution in [3.63, 3.8) is 0 Å². The maximum atomic E-state index is 12.7. The molecule has 13 heavy (non-hydrogen) atoms. The molecule has 1 rings (SSSR count). The fraction of sp³-hybridized carbons (Fsp3) is 0.100. The van der Waals surface area contributed by atoms with Crippen LogP contribution in [-0.2, 0) is 4.79 Å². The first-order valence-corrected chi connectivity index (χ1v) is 3.75. The second-order valence-electron chi connectivity index (χ2n) is 2.65. The van der Waals surface area contributed by atoms with Crippen molar-refractivity contribution < 1.29 is 14.3 Å². The minimum absolute atomic E-state index is 0.386. The average Bonchev–Trinajstić information content (AvgIpc) is 2.06. The van der Waals surface area contributed by atoms with Gasteiger partial charge in [-0.05, 0) is 36.3 Å². The quantitative estimate of drug-likeness (QED) is 0.633. The fourth-order valence-corrected chi connectivity index (χ4v) is 0.949. The minimum atomic E-state index is -1.29. The van der Waals surface area contributed by atoms with Crippen LogP contribution in [0.3, 0.4) is 0 Å². The van der Waals surface area contributed by atoms with Gasteiger partial charge in [0.1, 0.15) is 5.82 Å². The molecule has 1 aromatic rings. The lowest BCUT2D eigenvalue weighted by molar-refractivity contribution is -0.297. The highest BCUT2D eigenvalue weighted by molar-refractivity contribution is 5.83. The highest BCUT2D eigenvalue weighted by Crippen LogP contribution is 2.11. The predicted octanol–water partition coefficient (Wildman–Crippen LogP) is 0.897. The summed E-state index contributed by atoms with van der Waals surface area (Å²) in [7, 11) is 0. The molecule has 0 aromatic heterocycles. The normalized spacial score (nSPS) is 10.6. The van der Waals surface area contributed by atoms with E-state index < -0.39 is 5.97 Å². The first-order valence-electron chi connectivity index (χ1n) is 3.75. The van der Waals surface area contributed by atoms with E-state index in [0.717, 1.165) is 11.6 Å². The van der Waals surface area contributed by atoms with E-state index in [2.05, 4.69) is 0 Å². The molecule has 0 amide bonds. The minimum Gasteiger partial charge on any atom is -0.545 e. The Hall–Kier alpha value is -1.64.